The standard InChI is InChI=1S/C23H16NO3S2/c1-17-24(11-13-26-12-7-3-4-8-14-28-25-2)20-15-19-18-9-5-6-10-21(18)27-22(19)16-23(20)29-17/h5-6,9-10,15-16H,11,13H2,1-2H3/q+1. The van der Waals surface area contributed by atoms with Crippen LogP contribution >= 0.6 is 23.4 Å². The maximum absolute atomic E-state index is 6.00. The maximum atomic E-state index is 6.00. The van der Waals surface area contributed by atoms with Crippen LogP contribution in [-0.4, -0.2) is 13.7 Å². The Morgan fingerprint density at radius 2 is 1.93 bits per heavy atom. The van der Waals surface area contributed by atoms with Crippen molar-refractivity contribution in [3.05, 3.63) is 41.4 Å². The Balaban J connectivity index is 1.51. The molecule has 0 fully saturated rings. The summed E-state index contributed by atoms with van der Waals surface area (Å²) in [6.07, 6.45) is 2.60. The third kappa shape index (κ3) is 4.19. The topological polar surface area (TPSA) is 35.5 Å². The molecule has 0 amide bonds. The third-order valence-corrected chi connectivity index (χ3v) is 5.71. The number of hydrogen-bond acceptors (Lipinski definition) is 5. The molecule has 0 aliphatic carbocycles. The summed E-state index contributed by atoms with van der Waals surface area (Å²) in [4.78, 5) is 0. The zero-order valence-electron chi connectivity index (χ0n) is 15.9. The molecule has 2 aromatic carbocycles. The number of aromatic nitrogens is 1. The van der Waals surface area contributed by atoms with Gasteiger partial charge in [-0.15, -0.1) is 0 Å². The van der Waals surface area contributed by atoms with E-state index in [2.05, 4.69) is 64.7 Å². The Bertz CT molecular complexity index is 1380. The first-order chi connectivity index (χ1) is 14.3. The number of fused-ring (bicyclic) bond motifs is 4. The predicted octanol–water partition coefficient (Wildman–Crippen LogP) is 4.63. The summed E-state index contributed by atoms with van der Waals surface area (Å²) >= 11 is 2.78. The summed E-state index contributed by atoms with van der Waals surface area (Å²) in [6, 6.07) is 12.4. The molecule has 4 nitrogen and oxygen atoms in total. The number of furan rings is 1. The minimum atomic E-state index is 0.474. The highest BCUT2D eigenvalue weighted by atomic mass is 32.2. The average Bonchev–Trinajstić information content (AvgIpc) is 3.24. The van der Waals surface area contributed by atoms with Crippen molar-refractivity contribution in [1.29, 1.82) is 0 Å². The molecule has 0 aliphatic rings. The van der Waals surface area contributed by atoms with E-state index in [-0.39, 0.29) is 0 Å². The lowest BCUT2D eigenvalue weighted by Crippen LogP contribution is -2.37. The molecular weight excluding hydrogens is 402 g/mol. The van der Waals surface area contributed by atoms with E-state index in [1.54, 1.807) is 18.4 Å². The second kappa shape index (κ2) is 8.95. The third-order valence-electron chi connectivity index (χ3n) is 4.29. The van der Waals surface area contributed by atoms with E-state index in [0.29, 0.717) is 13.2 Å². The van der Waals surface area contributed by atoms with E-state index in [0.717, 1.165) is 34.0 Å². The molecule has 0 N–H and O–H groups in total. The minimum absolute atomic E-state index is 0.474. The maximum Gasteiger partial charge on any atom is 0.235 e. The lowest BCUT2D eigenvalue weighted by atomic mass is 10.1. The van der Waals surface area contributed by atoms with Gasteiger partial charge in [-0.25, -0.2) is 0 Å². The van der Waals surface area contributed by atoms with Gasteiger partial charge < -0.3 is 13.3 Å². The quantitative estimate of drug-likeness (QED) is 0.209. The average molecular weight is 419 g/mol. The summed E-state index contributed by atoms with van der Waals surface area (Å²) in [7, 11) is 1.55. The Labute approximate surface area is 177 Å². The zero-order valence-corrected chi connectivity index (χ0v) is 17.5. The number of nitrogens with zero attached hydrogens (tertiary/aromatic N) is 1. The van der Waals surface area contributed by atoms with E-state index in [1.807, 2.05) is 18.2 Å². The molecule has 6 heteroatoms. The first kappa shape index (κ1) is 19.2. The van der Waals surface area contributed by atoms with E-state index in [4.69, 9.17) is 13.3 Å². The number of ether oxygens (including phenoxy) is 1. The fraction of sp³-hybridized carbons (Fsp3) is 0.174. The Morgan fingerprint density at radius 3 is 2.83 bits per heavy atom. The number of benzene rings is 2. The smallest absolute Gasteiger partial charge is 0.235 e. The summed E-state index contributed by atoms with van der Waals surface area (Å²) in [5.41, 5.74) is 3.00. The van der Waals surface area contributed by atoms with Gasteiger partial charge in [0.05, 0.1) is 19.2 Å². The van der Waals surface area contributed by atoms with Crippen molar-refractivity contribution in [2.75, 3.05) is 13.7 Å². The van der Waals surface area contributed by atoms with Gasteiger partial charge in [0.1, 0.15) is 22.0 Å². The first-order valence-electron chi connectivity index (χ1n) is 8.83. The Morgan fingerprint density at radius 1 is 1.07 bits per heavy atom. The van der Waals surface area contributed by atoms with Crippen LogP contribution in [0.5, 0.6) is 0 Å². The van der Waals surface area contributed by atoms with E-state index in [9.17, 15) is 0 Å². The second-order valence-corrected chi connectivity index (χ2v) is 7.93. The molecule has 0 saturated heterocycles. The fourth-order valence-electron chi connectivity index (χ4n) is 3.10. The van der Waals surface area contributed by atoms with Crippen molar-refractivity contribution in [2.24, 2.45) is 0 Å². The summed E-state index contributed by atoms with van der Waals surface area (Å²) < 4.78 is 19.6. The number of hydrogen-bond donors (Lipinski definition) is 0. The monoisotopic (exact) mass is 418 g/mol. The lowest BCUT2D eigenvalue weighted by Gasteiger charge is -1.96. The highest BCUT2D eigenvalue weighted by molar-refractivity contribution is 7.99. The Hall–Kier alpha value is -3.08. The van der Waals surface area contributed by atoms with Gasteiger partial charge in [0, 0.05) is 58.8 Å². The van der Waals surface area contributed by atoms with Crippen molar-refractivity contribution in [3.63, 3.8) is 0 Å². The molecule has 0 radical (unpaired) electrons. The number of thiazole rings is 1. The first-order valence-corrected chi connectivity index (χ1v) is 10.4. The summed E-state index contributed by atoms with van der Waals surface area (Å²) in [6.45, 7) is 3.29. The van der Waals surface area contributed by atoms with Crippen molar-refractivity contribution in [3.8, 4) is 35.0 Å². The summed E-state index contributed by atoms with van der Waals surface area (Å²) in [5.74, 6) is 10.5. The molecule has 29 heavy (non-hydrogen) atoms. The molecule has 2 heterocycles. The van der Waals surface area contributed by atoms with Gasteiger partial charge in [0.15, 0.2) is 13.2 Å². The molecule has 0 unspecified atom stereocenters. The van der Waals surface area contributed by atoms with Crippen molar-refractivity contribution >= 4 is 55.5 Å². The number of aryl methyl sites for hydroxylation is 1. The SMILES string of the molecule is COSC#CC#CC#COCC[n+]1c(C)sc2cc3oc4ccccc4c3cc21. The largest absolute Gasteiger partial charge is 0.456 e. The van der Waals surface area contributed by atoms with Gasteiger partial charge in [-0.05, 0) is 6.07 Å². The molecule has 0 atom stereocenters. The molecule has 4 rings (SSSR count). The van der Waals surface area contributed by atoms with Crippen LogP contribution in [0.3, 0.4) is 0 Å². The molecule has 142 valence electrons. The van der Waals surface area contributed by atoms with Crippen LogP contribution in [0.4, 0.5) is 0 Å². The predicted molar refractivity (Wildman–Crippen MR) is 118 cm³/mol. The number of para-hydroxylation sites is 1. The Kier molecular flexibility index (Phi) is 5.94. The fourth-order valence-corrected chi connectivity index (χ4v) is 4.33. The van der Waals surface area contributed by atoms with Gasteiger partial charge in [-0.1, -0.05) is 29.5 Å². The van der Waals surface area contributed by atoms with Crippen LogP contribution in [0.2, 0.25) is 0 Å². The molecule has 0 saturated carbocycles. The van der Waals surface area contributed by atoms with E-state index >= 15 is 0 Å². The van der Waals surface area contributed by atoms with Crippen LogP contribution in [0.25, 0.3) is 32.2 Å². The number of rotatable bonds is 4. The van der Waals surface area contributed by atoms with Gasteiger partial charge >= 0.3 is 0 Å². The van der Waals surface area contributed by atoms with Crippen molar-refractivity contribution in [2.45, 2.75) is 13.5 Å². The molecular formula is C23H16NO3S2+. The van der Waals surface area contributed by atoms with Crippen LogP contribution in [0, 0.1) is 42.0 Å². The molecule has 4 aromatic rings. The second-order valence-electron chi connectivity index (χ2n) is 5.99. The van der Waals surface area contributed by atoms with Gasteiger partial charge in [0.2, 0.25) is 10.5 Å². The van der Waals surface area contributed by atoms with E-state index < -0.39 is 0 Å². The summed E-state index contributed by atoms with van der Waals surface area (Å²) in [5, 5.41) is 6.12. The molecule has 0 spiro atoms. The van der Waals surface area contributed by atoms with Crippen LogP contribution < -0.4 is 4.57 Å². The van der Waals surface area contributed by atoms with E-state index in [1.165, 1.54) is 15.2 Å². The van der Waals surface area contributed by atoms with Crippen molar-refractivity contribution < 1.29 is 17.9 Å². The lowest BCUT2D eigenvalue weighted by molar-refractivity contribution is -0.674. The van der Waals surface area contributed by atoms with Crippen LogP contribution in [-0.2, 0) is 15.5 Å². The van der Waals surface area contributed by atoms with Gasteiger partial charge in [-0.3, -0.25) is 0 Å². The zero-order chi connectivity index (χ0) is 20.1. The minimum Gasteiger partial charge on any atom is -0.456 e. The normalized spacial score (nSPS) is 10.1. The molecule has 0 aliphatic heterocycles. The van der Waals surface area contributed by atoms with Gasteiger partial charge in [-0.2, -0.15) is 4.57 Å². The highest BCUT2D eigenvalue weighted by Crippen LogP contribution is 2.33. The molecule has 0 bridgehead atoms. The van der Waals surface area contributed by atoms with Crippen LogP contribution in [0.1, 0.15) is 5.01 Å². The van der Waals surface area contributed by atoms with Crippen molar-refractivity contribution in [1.82, 2.24) is 0 Å². The van der Waals surface area contributed by atoms with Gasteiger partial charge in [0.25, 0.3) is 0 Å². The van der Waals surface area contributed by atoms with Crippen LogP contribution in [0.15, 0.2) is 40.8 Å². The molecule has 2 aromatic heterocycles. The highest BCUT2D eigenvalue weighted by Gasteiger charge is 2.20.